The molecule has 21 heavy (non-hydrogen) atoms. The highest BCUT2D eigenvalue weighted by Gasteiger charge is 2.29. The number of hydrogen-bond acceptors (Lipinski definition) is 4. The smallest absolute Gasteiger partial charge is 0.268 e. The fourth-order valence-corrected chi connectivity index (χ4v) is 2.20. The molecule has 4 nitrogen and oxygen atoms in total. The molecule has 1 aromatic carbocycles. The van der Waals surface area contributed by atoms with Gasteiger partial charge in [0.2, 0.25) is 5.89 Å². The summed E-state index contributed by atoms with van der Waals surface area (Å²) < 4.78 is 9.20. The summed E-state index contributed by atoms with van der Waals surface area (Å²) in [5.41, 5.74) is 1.77. The van der Waals surface area contributed by atoms with E-state index in [1.54, 1.807) is 6.08 Å². The molecule has 0 bridgehead atoms. The number of para-hydroxylation sites is 1. The summed E-state index contributed by atoms with van der Waals surface area (Å²) in [7, 11) is 0. The lowest BCUT2D eigenvalue weighted by molar-refractivity contribution is 0.493. The van der Waals surface area contributed by atoms with Crippen molar-refractivity contribution in [3.8, 4) is 0 Å². The van der Waals surface area contributed by atoms with Gasteiger partial charge in [-0.05, 0) is 19.1 Å². The Labute approximate surface area is 135 Å². The van der Waals surface area contributed by atoms with E-state index < -0.39 is 3.79 Å². The summed E-state index contributed by atoms with van der Waals surface area (Å²) in [6, 6.07) is 7.76. The van der Waals surface area contributed by atoms with E-state index in [2.05, 4.69) is 10.2 Å². The van der Waals surface area contributed by atoms with Crippen molar-refractivity contribution in [2.75, 3.05) is 0 Å². The van der Waals surface area contributed by atoms with Gasteiger partial charge in [0.25, 0.3) is 9.68 Å². The van der Waals surface area contributed by atoms with Crippen molar-refractivity contribution in [2.24, 2.45) is 0 Å². The Morgan fingerprint density at radius 1 is 1.05 bits per heavy atom. The Morgan fingerprint density at radius 3 is 2.52 bits per heavy atom. The van der Waals surface area contributed by atoms with Crippen LogP contribution in [0.15, 0.2) is 33.1 Å². The molecule has 0 aliphatic carbocycles. The van der Waals surface area contributed by atoms with Gasteiger partial charge in [0.1, 0.15) is 11.3 Å². The first-order valence-corrected chi connectivity index (χ1v) is 7.15. The molecule has 0 fully saturated rings. The number of benzene rings is 1. The Morgan fingerprint density at radius 2 is 1.81 bits per heavy atom. The molecular formula is C14H9Cl3N2O2. The maximum atomic E-state index is 5.67. The van der Waals surface area contributed by atoms with E-state index in [-0.39, 0.29) is 11.8 Å². The third-order valence-electron chi connectivity index (χ3n) is 2.90. The molecule has 0 radical (unpaired) electrons. The van der Waals surface area contributed by atoms with Crippen LogP contribution < -0.4 is 0 Å². The standard InChI is InChI=1S/C14H9Cl3N2O2/c1-8-9(10-4-2-3-5-11(10)20-8)6-7-12-18-19-13(21-12)14(15,16)17/h2-7H,1H3/b7-6+. The highest BCUT2D eigenvalue weighted by molar-refractivity contribution is 6.66. The Kier molecular flexibility index (Phi) is 3.69. The van der Waals surface area contributed by atoms with Gasteiger partial charge in [0.15, 0.2) is 0 Å². The second-order valence-electron chi connectivity index (χ2n) is 4.34. The fraction of sp³-hybridized carbons (Fsp3) is 0.143. The second-order valence-corrected chi connectivity index (χ2v) is 6.63. The van der Waals surface area contributed by atoms with Crippen molar-refractivity contribution >= 4 is 57.9 Å². The van der Waals surface area contributed by atoms with Crippen molar-refractivity contribution < 1.29 is 8.83 Å². The molecule has 2 aromatic heterocycles. The zero-order chi connectivity index (χ0) is 15.0. The van der Waals surface area contributed by atoms with Crippen LogP contribution in [-0.4, -0.2) is 10.2 Å². The molecule has 0 saturated carbocycles. The minimum absolute atomic E-state index is 0.0686. The maximum Gasteiger partial charge on any atom is 0.268 e. The summed E-state index contributed by atoms with van der Waals surface area (Å²) in [6.45, 7) is 1.89. The Bertz CT molecular complexity index is 815. The third kappa shape index (κ3) is 2.93. The summed E-state index contributed by atoms with van der Waals surface area (Å²) >= 11 is 17.0. The lowest BCUT2D eigenvalue weighted by Gasteiger charge is -2.01. The summed E-state index contributed by atoms with van der Waals surface area (Å²) in [6.07, 6.45) is 3.48. The van der Waals surface area contributed by atoms with E-state index in [4.69, 9.17) is 43.6 Å². The first-order valence-electron chi connectivity index (χ1n) is 6.02. The van der Waals surface area contributed by atoms with E-state index in [1.165, 1.54) is 0 Å². The van der Waals surface area contributed by atoms with E-state index in [1.807, 2.05) is 37.3 Å². The van der Waals surface area contributed by atoms with Crippen LogP contribution in [0.2, 0.25) is 0 Å². The van der Waals surface area contributed by atoms with Crippen LogP contribution in [0.5, 0.6) is 0 Å². The van der Waals surface area contributed by atoms with Gasteiger partial charge in [-0.25, -0.2) is 0 Å². The van der Waals surface area contributed by atoms with Crippen LogP contribution in [0.1, 0.15) is 23.1 Å². The summed E-state index contributed by atoms with van der Waals surface area (Å²) in [4.78, 5) is 0. The van der Waals surface area contributed by atoms with Crippen molar-refractivity contribution in [2.45, 2.75) is 10.7 Å². The minimum Gasteiger partial charge on any atom is -0.461 e. The lowest BCUT2D eigenvalue weighted by Crippen LogP contribution is -1.99. The molecule has 0 atom stereocenters. The monoisotopic (exact) mass is 342 g/mol. The number of alkyl halides is 3. The van der Waals surface area contributed by atoms with Gasteiger partial charge < -0.3 is 8.83 Å². The molecule has 7 heteroatoms. The van der Waals surface area contributed by atoms with Crippen molar-refractivity contribution in [3.05, 3.63) is 47.4 Å². The van der Waals surface area contributed by atoms with Gasteiger partial charge in [-0.2, -0.15) is 0 Å². The van der Waals surface area contributed by atoms with Crippen molar-refractivity contribution in [1.82, 2.24) is 10.2 Å². The number of aryl methyl sites for hydroxylation is 1. The van der Waals surface area contributed by atoms with Crippen LogP contribution in [0, 0.1) is 6.92 Å². The van der Waals surface area contributed by atoms with E-state index in [0.29, 0.717) is 0 Å². The normalized spacial score (nSPS) is 12.6. The third-order valence-corrected chi connectivity index (χ3v) is 3.38. The zero-order valence-corrected chi connectivity index (χ0v) is 13.1. The molecule has 2 heterocycles. The number of fused-ring (bicyclic) bond motifs is 1. The van der Waals surface area contributed by atoms with Crippen LogP contribution >= 0.6 is 34.8 Å². The number of halogens is 3. The maximum absolute atomic E-state index is 5.67. The minimum atomic E-state index is -1.72. The number of nitrogens with zero attached hydrogens (tertiary/aromatic N) is 2. The predicted octanol–water partition coefficient (Wildman–Crippen LogP) is 5.12. The predicted molar refractivity (Wildman–Crippen MR) is 83.4 cm³/mol. The van der Waals surface area contributed by atoms with Gasteiger partial charge >= 0.3 is 0 Å². The molecule has 3 rings (SSSR count). The quantitative estimate of drug-likeness (QED) is 0.606. The summed E-state index contributed by atoms with van der Waals surface area (Å²) in [5.74, 6) is 0.982. The van der Waals surface area contributed by atoms with Crippen LogP contribution in [-0.2, 0) is 3.79 Å². The Hall–Kier alpha value is -1.49. The number of rotatable bonds is 2. The number of hydrogen-bond donors (Lipinski definition) is 0. The highest BCUT2D eigenvalue weighted by Crippen LogP contribution is 2.37. The molecule has 0 N–H and O–H groups in total. The van der Waals surface area contributed by atoms with Crippen molar-refractivity contribution in [1.29, 1.82) is 0 Å². The largest absolute Gasteiger partial charge is 0.461 e. The fourth-order valence-electron chi connectivity index (χ4n) is 1.97. The van der Waals surface area contributed by atoms with Crippen LogP contribution in [0.25, 0.3) is 23.1 Å². The van der Waals surface area contributed by atoms with Gasteiger partial charge in [-0.3, -0.25) is 0 Å². The summed E-state index contributed by atoms with van der Waals surface area (Å²) in [5, 5.41) is 8.50. The molecule has 0 amide bonds. The molecule has 3 aromatic rings. The second kappa shape index (κ2) is 5.37. The molecule has 0 aliphatic heterocycles. The first kappa shape index (κ1) is 14.4. The SMILES string of the molecule is Cc1oc2ccccc2c1/C=C/c1nnc(C(Cl)(Cl)Cl)o1. The molecule has 0 saturated heterocycles. The van der Waals surface area contributed by atoms with E-state index in [0.717, 1.165) is 22.3 Å². The van der Waals surface area contributed by atoms with Gasteiger partial charge in [-0.15, -0.1) is 10.2 Å². The lowest BCUT2D eigenvalue weighted by atomic mass is 10.1. The van der Waals surface area contributed by atoms with E-state index >= 15 is 0 Å². The van der Waals surface area contributed by atoms with Gasteiger partial charge in [0, 0.05) is 17.0 Å². The van der Waals surface area contributed by atoms with Gasteiger partial charge in [-0.1, -0.05) is 53.0 Å². The molecule has 0 spiro atoms. The average molecular weight is 344 g/mol. The zero-order valence-electron chi connectivity index (χ0n) is 10.8. The molecule has 108 valence electrons. The molecular weight excluding hydrogens is 335 g/mol. The molecule has 0 aliphatic rings. The highest BCUT2D eigenvalue weighted by atomic mass is 35.6. The first-order chi connectivity index (χ1) is 9.95. The van der Waals surface area contributed by atoms with Crippen molar-refractivity contribution in [3.63, 3.8) is 0 Å². The van der Waals surface area contributed by atoms with E-state index in [9.17, 15) is 0 Å². The van der Waals surface area contributed by atoms with Gasteiger partial charge in [0.05, 0.1) is 0 Å². The number of furan rings is 1. The Balaban J connectivity index is 1.95. The topological polar surface area (TPSA) is 52.1 Å². The van der Waals surface area contributed by atoms with Crippen LogP contribution in [0.4, 0.5) is 0 Å². The van der Waals surface area contributed by atoms with Crippen LogP contribution in [0.3, 0.4) is 0 Å². The average Bonchev–Trinajstić information content (AvgIpc) is 3.00. The number of aromatic nitrogens is 2. The molecule has 0 unspecified atom stereocenters.